The Morgan fingerprint density at radius 2 is 2.25 bits per heavy atom. The largest absolute Gasteiger partial charge is 0.462 e. The predicted octanol–water partition coefficient (Wildman–Crippen LogP) is 3.32. The summed E-state index contributed by atoms with van der Waals surface area (Å²) in [4.78, 5) is 11.6. The molecule has 3 aromatic rings. The molecule has 1 aromatic carbocycles. The molecule has 0 saturated heterocycles. The van der Waals surface area contributed by atoms with Gasteiger partial charge in [0.05, 0.1) is 24.9 Å². The number of benzene rings is 1. The normalized spacial score (nSPS) is 10.8. The van der Waals surface area contributed by atoms with Gasteiger partial charge in [0, 0.05) is 10.9 Å². The number of ether oxygens (including phenoxy) is 1. The number of carbonyl (C=O) groups excluding carboxylic acids is 1. The fraction of sp³-hybridized carbons (Fsp3) is 0.200. The Hall–Kier alpha value is -2.14. The quantitative estimate of drug-likeness (QED) is 0.691. The van der Waals surface area contributed by atoms with E-state index in [2.05, 4.69) is 22.6 Å². The monoisotopic (exact) mass is 286 g/mol. The van der Waals surface area contributed by atoms with Crippen molar-refractivity contribution in [3.63, 3.8) is 0 Å². The minimum Gasteiger partial charge on any atom is -0.462 e. The van der Waals surface area contributed by atoms with Crippen molar-refractivity contribution >= 4 is 27.4 Å². The minimum absolute atomic E-state index is 0.325. The zero-order chi connectivity index (χ0) is 13.9. The first-order valence-corrected chi connectivity index (χ1v) is 7.30. The van der Waals surface area contributed by atoms with Gasteiger partial charge in [-0.2, -0.15) is 5.10 Å². The van der Waals surface area contributed by atoms with E-state index in [1.807, 2.05) is 12.1 Å². The van der Waals surface area contributed by atoms with Gasteiger partial charge >= 0.3 is 5.97 Å². The van der Waals surface area contributed by atoms with Crippen LogP contribution >= 0.6 is 11.3 Å². The second-order valence-electron chi connectivity index (χ2n) is 4.40. The summed E-state index contributed by atoms with van der Waals surface area (Å²) in [5.41, 5.74) is 1.70. The van der Waals surface area contributed by atoms with Crippen LogP contribution in [0.3, 0.4) is 0 Å². The maximum absolute atomic E-state index is 11.6. The fourth-order valence-corrected chi connectivity index (χ4v) is 3.05. The first-order chi connectivity index (χ1) is 9.78. The van der Waals surface area contributed by atoms with Crippen LogP contribution in [0, 0.1) is 0 Å². The molecule has 2 aromatic heterocycles. The zero-order valence-corrected chi connectivity index (χ0v) is 11.9. The number of hydrogen-bond acceptors (Lipinski definition) is 4. The second-order valence-corrected chi connectivity index (χ2v) is 5.32. The Kier molecular flexibility index (Phi) is 3.52. The van der Waals surface area contributed by atoms with Gasteiger partial charge in [-0.3, -0.25) is 4.68 Å². The highest BCUT2D eigenvalue weighted by Crippen LogP contribution is 2.26. The maximum atomic E-state index is 11.6. The van der Waals surface area contributed by atoms with E-state index in [1.54, 1.807) is 35.3 Å². The Labute approximate surface area is 120 Å². The molecule has 0 aliphatic heterocycles. The topological polar surface area (TPSA) is 44.1 Å². The highest BCUT2D eigenvalue weighted by Gasteiger charge is 2.10. The summed E-state index contributed by atoms with van der Waals surface area (Å²) in [5.74, 6) is -0.325. The molecule has 0 unspecified atom stereocenters. The lowest BCUT2D eigenvalue weighted by molar-refractivity contribution is 0.0526. The highest BCUT2D eigenvalue weighted by atomic mass is 32.1. The average Bonchev–Trinajstić information content (AvgIpc) is 3.08. The van der Waals surface area contributed by atoms with E-state index in [1.165, 1.54) is 15.6 Å². The van der Waals surface area contributed by atoms with Crippen molar-refractivity contribution in [1.82, 2.24) is 9.78 Å². The van der Waals surface area contributed by atoms with Crippen LogP contribution < -0.4 is 0 Å². The van der Waals surface area contributed by atoms with Crippen LogP contribution in [0.25, 0.3) is 10.1 Å². The standard InChI is InChI=1S/C15H14N2O2S/c1-2-19-15(18)11-7-16-17(8-11)9-12-10-20-14-6-4-3-5-13(12)14/h3-8,10H,2,9H2,1H3. The summed E-state index contributed by atoms with van der Waals surface area (Å²) in [6.07, 6.45) is 3.27. The summed E-state index contributed by atoms with van der Waals surface area (Å²) in [6, 6.07) is 8.29. The number of rotatable bonds is 4. The van der Waals surface area contributed by atoms with Crippen molar-refractivity contribution in [2.45, 2.75) is 13.5 Å². The zero-order valence-electron chi connectivity index (χ0n) is 11.1. The number of thiophene rings is 1. The van der Waals surface area contributed by atoms with E-state index < -0.39 is 0 Å². The minimum atomic E-state index is -0.325. The average molecular weight is 286 g/mol. The van der Waals surface area contributed by atoms with E-state index >= 15 is 0 Å². The fourth-order valence-electron chi connectivity index (χ4n) is 2.10. The molecule has 3 rings (SSSR count). The molecule has 0 N–H and O–H groups in total. The first-order valence-electron chi connectivity index (χ1n) is 6.42. The molecule has 0 atom stereocenters. The SMILES string of the molecule is CCOC(=O)c1cnn(Cc2csc3ccccc23)c1. The van der Waals surface area contributed by atoms with Crippen molar-refractivity contribution in [2.24, 2.45) is 0 Å². The lowest BCUT2D eigenvalue weighted by Gasteiger charge is -2.00. The molecule has 5 heteroatoms. The van der Waals surface area contributed by atoms with Gasteiger partial charge in [-0.1, -0.05) is 18.2 Å². The smallest absolute Gasteiger partial charge is 0.341 e. The Morgan fingerprint density at radius 1 is 1.40 bits per heavy atom. The van der Waals surface area contributed by atoms with Crippen LogP contribution in [0.1, 0.15) is 22.8 Å². The summed E-state index contributed by atoms with van der Waals surface area (Å²) in [5, 5.41) is 7.60. The molecule has 0 bridgehead atoms. The van der Waals surface area contributed by atoms with Crippen molar-refractivity contribution in [3.05, 3.63) is 53.2 Å². The second kappa shape index (κ2) is 5.46. The van der Waals surface area contributed by atoms with Crippen LogP contribution in [-0.2, 0) is 11.3 Å². The van der Waals surface area contributed by atoms with Gasteiger partial charge in [-0.25, -0.2) is 4.79 Å². The Bertz CT molecular complexity index is 745. The number of hydrogen-bond donors (Lipinski definition) is 0. The van der Waals surface area contributed by atoms with Gasteiger partial charge in [0.25, 0.3) is 0 Å². The Morgan fingerprint density at radius 3 is 3.10 bits per heavy atom. The van der Waals surface area contributed by atoms with Crippen LogP contribution in [0.5, 0.6) is 0 Å². The predicted molar refractivity (Wildman–Crippen MR) is 79.1 cm³/mol. The van der Waals surface area contributed by atoms with Crippen LogP contribution in [0.4, 0.5) is 0 Å². The molecule has 0 amide bonds. The third kappa shape index (κ3) is 2.44. The molecule has 20 heavy (non-hydrogen) atoms. The Balaban J connectivity index is 1.83. The van der Waals surface area contributed by atoms with Crippen LogP contribution in [-0.4, -0.2) is 22.4 Å². The molecule has 102 valence electrons. The van der Waals surface area contributed by atoms with Gasteiger partial charge in [0.1, 0.15) is 0 Å². The van der Waals surface area contributed by atoms with Crippen LogP contribution in [0.15, 0.2) is 42.0 Å². The lowest BCUT2D eigenvalue weighted by atomic mass is 10.2. The van der Waals surface area contributed by atoms with Gasteiger partial charge in [-0.05, 0) is 29.3 Å². The molecule has 0 spiro atoms. The van der Waals surface area contributed by atoms with Crippen molar-refractivity contribution < 1.29 is 9.53 Å². The number of fused-ring (bicyclic) bond motifs is 1. The van der Waals surface area contributed by atoms with Gasteiger partial charge < -0.3 is 4.74 Å². The number of aromatic nitrogens is 2. The molecule has 0 aliphatic rings. The molecule has 0 fully saturated rings. The molecule has 4 nitrogen and oxygen atoms in total. The molecule has 0 saturated carbocycles. The van der Waals surface area contributed by atoms with E-state index in [-0.39, 0.29) is 5.97 Å². The first kappa shape index (κ1) is 12.9. The van der Waals surface area contributed by atoms with Crippen molar-refractivity contribution in [1.29, 1.82) is 0 Å². The van der Waals surface area contributed by atoms with Crippen molar-refractivity contribution in [2.75, 3.05) is 6.61 Å². The van der Waals surface area contributed by atoms with Gasteiger partial charge in [-0.15, -0.1) is 11.3 Å². The van der Waals surface area contributed by atoms with Gasteiger partial charge in [0.2, 0.25) is 0 Å². The van der Waals surface area contributed by atoms with Crippen LogP contribution in [0.2, 0.25) is 0 Å². The van der Waals surface area contributed by atoms with E-state index in [4.69, 9.17) is 4.74 Å². The molecule has 2 heterocycles. The summed E-state index contributed by atoms with van der Waals surface area (Å²) in [7, 11) is 0. The number of carbonyl (C=O) groups is 1. The molecule has 0 radical (unpaired) electrons. The maximum Gasteiger partial charge on any atom is 0.341 e. The highest BCUT2D eigenvalue weighted by molar-refractivity contribution is 7.17. The molecule has 0 aliphatic carbocycles. The molecular formula is C15H14N2O2S. The van der Waals surface area contributed by atoms with Crippen molar-refractivity contribution in [3.8, 4) is 0 Å². The third-order valence-corrected chi connectivity index (χ3v) is 4.05. The van der Waals surface area contributed by atoms with E-state index in [0.717, 1.165) is 0 Å². The van der Waals surface area contributed by atoms with E-state index in [0.29, 0.717) is 18.7 Å². The molecular weight excluding hydrogens is 272 g/mol. The summed E-state index contributed by atoms with van der Waals surface area (Å²) in [6.45, 7) is 2.82. The number of esters is 1. The third-order valence-electron chi connectivity index (χ3n) is 3.04. The summed E-state index contributed by atoms with van der Waals surface area (Å²) < 4.78 is 7.99. The van der Waals surface area contributed by atoms with E-state index in [9.17, 15) is 4.79 Å². The lowest BCUT2D eigenvalue weighted by Crippen LogP contribution is -2.03. The number of nitrogens with zero attached hydrogens (tertiary/aromatic N) is 2. The summed E-state index contributed by atoms with van der Waals surface area (Å²) >= 11 is 1.72. The van der Waals surface area contributed by atoms with Gasteiger partial charge in [0.15, 0.2) is 0 Å².